The first-order chi connectivity index (χ1) is 9.40. The number of nitriles is 1. The van der Waals surface area contributed by atoms with Crippen LogP contribution in [-0.2, 0) is 4.79 Å². The molecule has 20 heavy (non-hydrogen) atoms. The van der Waals surface area contributed by atoms with Crippen LogP contribution >= 0.6 is 11.3 Å². The third kappa shape index (κ3) is 3.22. The molecule has 0 spiro atoms. The van der Waals surface area contributed by atoms with E-state index >= 15 is 0 Å². The quantitative estimate of drug-likeness (QED) is 0.915. The fourth-order valence-electron chi connectivity index (χ4n) is 1.46. The lowest BCUT2D eigenvalue weighted by Gasteiger charge is -2.15. The second-order valence-electron chi connectivity index (χ2n) is 5.43. The molecule has 1 aromatic heterocycles. The van der Waals surface area contributed by atoms with E-state index in [1.165, 1.54) is 11.3 Å². The molecular formula is C15H15N3OS. The largest absolute Gasteiger partial charge is 0.302 e. The van der Waals surface area contributed by atoms with E-state index in [2.05, 4.69) is 16.4 Å². The van der Waals surface area contributed by atoms with E-state index in [1.807, 2.05) is 38.3 Å². The summed E-state index contributed by atoms with van der Waals surface area (Å²) in [6.07, 6.45) is 0. The predicted molar refractivity (Wildman–Crippen MR) is 80.3 cm³/mol. The Balaban J connectivity index is 2.16. The highest BCUT2D eigenvalue weighted by Crippen LogP contribution is 2.26. The SMILES string of the molecule is CC(C)(C)C(=O)Nc1nc(-c2ccc(C#N)cc2)cs1. The van der Waals surface area contributed by atoms with Gasteiger partial charge in [-0.2, -0.15) is 5.26 Å². The van der Waals surface area contributed by atoms with E-state index < -0.39 is 5.41 Å². The summed E-state index contributed by atoms with van der Waals surface area (Å²) in [5.74, 6) is -0.0572. The lowest BCUT2D eigenvalue weighted by molar-refractivity contribution is -0.123. The number of amides is 1. The van der Waals surface area contributed by atoms with Crippen LogP contribution in [0.15, 0.2) is 29.6 Å². The van der Waals surface area contributed by atoms with Gasteiger partial charge in [-0.1, -0.05) is 32.9 Å². The highest BCUT2D eigenvalue weighted by Gasteiger charge is 2.22. The molecule has 1 amide bonds. The number of hydrogen-bond acceptors (Lipinski definition) is 4. The summed E-state index contributed by atoms with van der Waals surface area (Å²) < 4.78 is 0. The first kappa shape index (κ1) is 14.2. The first-order valence-corrected chi connectivity index (χ1v) is 7.05. The summed E-state index contributed by atoms with van der Waals surface area (Å²) in [5, 5.41) is 14.1. The molecule has 2 rings (SSSR count). The number of carbonyl (C=O) groups is 1. The van der Waals surface area contributed by atoms with Crippen LogP contribution in [0.2, 0.25) is 0 Å². The maximum atomic E-state index is 11.9. The molecule has 0 unspecified atom stereocenters. The highest BCUT2D eigenvalue weighted by atomic mass is 32.1. The molecule has 0 aliphatic carbocycles. The molecule has 102 valence electrons. The Hall–Kier alpha value is -2.19. The predicted octanol–water partition coefficient (Wildman–Crippen LogP) is 3.67. The molecular weight excluding hydrogens is 270 g/mol. The van der Waals surface area contributed by atoms with Crippen LogP contribution in [0.4, 0.5) is 5.13 Å². The minimum atomic E-state index is -0.444. The molecule has 0 atom stereocenters. The van der Waals surface area contributed by atoms with Crippen LogP contribution in [0.3, 0.4) is 0 Å². The third-order valence-corrected chi connectivity index (χ3v) is 3.47. The van der Waals surface area contributed by atoms with Gasteiger partial charge in [0, 0.05) is 16.4 Å². The minimum absolute atomic E-state index is 0.0572. The Labute approximate surface area is 122 Å². The van der Waals surface area contributed by atoms with Gasteiger partial charge in [0.2, 0.25) is 5.91 Å². The molecule has 2 aromatic rings. The van der Waals surface area contributed by atoms with Crippen LogP contribution in [0, 0.1) is 16.7 Å². The van der Waals surface area contributed by atoms with Crippen molar-refractivity contribution in [3.63, 3.8) is 0 Å². The van der Waals surface area contributed by atoms with E-state index in [0.29, 0.717) is 10.7 Å². The zero-order valence-corrected chi connectivity index (χ0v) is 12.4. The average Bonchev–Trinajstić information content (AvgIpc) is 2.86. The smallest absolute Gasteiger partial charge is 0.231 e. The number of rotatable bonds is 2. The third-order valence-electron chi connectivity index (χ3n) is 2.72. The maximum Gasteiger partial charge on any atom is 0.231 e. The zero-order valence-electron chi connectivity index (χ0n) is 11.6. The van der Waals surface area contributed by atoms with Crippen molar-refractivity contribution in [3.05, 3.63) is 35.2 Å². The Kier molecular flexibility index (Phi) is 3.86. The van der Waals surface area contributed by atoms with Gasteiger partial charge < -0.3 is 5.32 Å². The summed E-state index contributed by atoms with van der Waals surface area (Å²) in [7, 11) is 0. The number of nitrogens with zero attached hydrogens (tertiary/aromatic N) is 2. The van der Waals surface area contributed by atoms with Gasteiger partial charge in [-0.05, 0) is 12.1 Å². The molecule has 0 fully saturated rings. The summed E-state index contributed by atoms with van der Waals surface area (Å²) >= 11 is 1.39. The molecule has 0 aliphatic heterocycles. The molecule has 0 radical (unpaired) electrons. The normalized spacial score (nSPS) is 10.9. The van der Waals surface area contributed by atoms with Crippen LogP contribution in [0.1, 0.15) is 26.3 Å². The number of thiazole rings is 1. The van der Waals surface area contributed by atoms with Gasteiger partial charge in [0.25, 0.3) is 0 Å². The van der Waals surface area contributed by atoms with Crippen LogP contribution in [-0.4, -0.2) is 10.9 Å². The van der Waals surface area contributed by atoms with Crippen molar-refractivity contribution >= 4 is 22.4 Å². The number of carbonyl (C=O) groups excluding carboxylic acids is 1. The Morgan fingerprint density at radius 3 is 2.50 bits per heavy atom. The summed E-state index contributed by atoms with van der Waals surface area (Å²) in [6.45, 7) is 5.58. The molecule has 5 heteroatoms. The number of aromatic nitrogens is 1. The van der Waals surface area contributed by atoms with Gasteiger partial charge in [-0.15, -0.1) is 11.3 Å². The molecule has 1 aromatic carbocycles. The van der Waals surface area contributed by atoms with Crippen molar-refractivity contribution in [2.75, 3.05) is 5.32 Å². The number of nitrogens with one attached hydrogen (secondary N) is 1. The molecule has 0 aliphatic rings. The van der Waals surface area contributed by atoms with Crippen molar-refractivity contribution in [1.82, 2.24) is 4.98 Å². The van der Waals surface area contributed by atoms with Gasteiger partial charge in [-0.3, -0.25) is 4.79 Å². The Morgan fingerprint density at radius 2 is 1.95 bits per heavy atom. The number of hydrogen-bond donors (Lipinski definition) is 1. The topological polar surface area (TPSA) is 65.8 Å². The minimum Gasteiger partial charge on any atom is -0.302 e. The second-order valence-corrected chi connectivity index (χ2v) is 6.29. The van der Waals surface area contributed by atoms with Gasteiger partial charge >= 0.3 is 0 Å². The molecule has 1 heterocycles. The average molecular weight is 285 g/mol. The van der Waals surface area contributed by atoms with Crippen molar-refractivity contribution in [2.24, 2.45) is 5.41 Å². The van der Waals surface area contributed by atoms with E-state index in [1.54, 1.807) is 12.1 Å². The second kappa shape index (κ2) is 5.43. The van der Waals surface area contributed by atoms with Gasteiger partial charge in [0.05, 0.1) is 17.3 Å². The van der Waals surface area contributed by atoms with Gasteiger partial charge in [-0.25, -0.2) is 4.98 Å². The van der Waals surface area contributed by atoms with Gasteiger partial charge in [0.1, 0.15) is 0 Å². The fourth-order valence-corrected chi connectivity index (χ4v) is 2.18. The summed E-state index contributed by atoms with van der Waals surface area (Å²) in [6, 6.07) is 9.28. The molecule has 4 nitrogen and oxygen atoms in total. The zero-order chi connectivity index (χ0) is 14.8. The van der Waals surface area contributed by atoms with Crippen molar-refractivity contribution in [3.8, 4) is 17.3 Å². The van der Waals surface area contributed by atoms with Crippen LogP contribution < -0.4 is 5.32 Å². The van der Waals surface area contributed by atoms with E-state index in [0.717, 1.165) is 11.3 Å². The lowest BCUT2D eigenvalue weighted by atomic mass is 9.96. The van der Waals surface area contributed by atoms with Crippen molar-refractivity contribution in [2.45, 2.75) is 20.8 Å². The molecule has 0 saturated carbocycles. The Morgan fingerprint density at radius 1 is 1.30 bits per heavy atom. The Bertz CT molecular complexity index is 660. The van der Waals surface area contributed by atoms with Crippen LogP contribution in [0.5, 0.6) is 0 Å². The van der Waals surface area contributed by atoms with E-state index in [9.17, 15) is 4.79 Å². The number of anilines is 1. The van der Waals surface area contributed by atoms with Gasteiger partial charge in [0.15, 0.2) is 5.13 Å². The summed E-state index contributed by atoms with van der Waals surface area (Å²) in [4.78, 5) is 16.3. The molecule has 0 saturated heterocycles. The summed E-state index contributed by atoms with van der Waals surface area (Å²) in [5.41, 5.74) is 1.89. The number of benzene rings is 1. The standard InChI is InChI=1S/C15H15N3OS/c1-15(2,3)13(19)18-14-17-12(9-20-14)11-6-4-10(8-16)5-7-11/h4-7,9H,1-3H3,(H,17,18,19). The fraction of sp³-hybridized carbons (Fsp3) is 0.267. The highest BCUT2D eigenvalue weighted by molar-refractivity contribution is 7.14. The van der Waals surface area contributed by atoms with E-state index in [-0.39, 0.29) is 5.91 Å². The first-order valence-electron chi connectivity index (χ1n) is 6.17. The molecule has 1 N–H and O–H groups in total. The lowest BCUT2D eigenvalue weighted by Crippen LogP contribution is -2.27. The van der Waals surface area contributed by atoms with Crippen molar-refractivity contribution in [1.29, 1.82) is 5.26 Å². The maximum absolute atomic E-state index is 11.9. The van der Waals surface area contributed by atoms with Crippen LogP contribution in [0.25, 0.3) is 11.3 Å². The molecule has 0 bridgehead atoms. The van der Waals surface area contributed by atoms with E-state index in [4.69, 9.17) is 5.26 Å². The van der Waals surface area contributed by atoms with Crippen molar-refractivity contribution < 1.29 is 4.79 Å². The monoisotopic (exact) mass is 285 g/mol.